The number of benzene rings is 2. The number of nitrogens with one attached hydrogen (secondary N) is 1. The topological polar surface area (TPSA) is 49.4 Å². The highest BCUT2D eigenvalue weighted by Crippen LogP contribution is 2.22. The lowest BCUT2D eigenvalue weighted by Gasteiger charge is -2.32. The highest BCUT2D eigenvalue weighted by molar-refractivity contribution is 5.96. The predicted molar refractivity (Wildman–Crippen MR) is 99.5 cm³/mol. The van der Waals surface area contributed by atoms with Crippen LogP contribution in [0.25, 0.3) is 0 Å². The van der Waals surface area contributed by atoms with Gasteiger partial charge < -0.3 is 10.2 Å². The Morgan fingerprint density at radius 1 is 1.04 bits per heavy atom. The Kier molecular flexibility index (Phi) is 5.54. The summed E-state index contributed by atoms with van der Waals surface area (Å²) in [5.74, 6) is -2.91. The maximum atomic E-state index is 13.4. The fourth-order valence-electron chi connectivity index (χ4n) is 3.25. The first-order valence-electron chi connectivity index (χ1n) is 8.97. The molecule has 0 bridgehead atoms. The predicted octanol–water partition coefficient (Wildman–Crippen LogP) is 4.07. The van der Waals surface area contributed by atoms with Crippen LogP contribution in [-0.4, -0.2) is 29.8 Å². The first-order chi connectivity index (χ1) is 12.8. The van der Waals surface area contributed by atoms with Crippen LogP contribution in [0.2, 0.25) is 0 Å². The van der Waals surface area contributed by atoms with E-state index >= 15 is 0 Å². The number of likely N-dealkylation sites (tertiary alicyclic amines) is 1. The lowest BCUT2D eigenvalue weighted by Crippen LogP contribution is -2.43. The number of aryl methyl sites for hydroxylation is 2. The molecule has 6 heteroatoms. The number of anilines is 1. The number of hydrogen-bond donors (Lipinski definition) is 1. The van der Waals surface area contributed by atoms with Crippen molar-refractivity contribution < 1.29 is 18.4 Å². The molecule has 27 heavy (non-hydrogen) atoms. The van der Waals surface area contributed by atoms with Crippen LogP contribution in [0.3, 0.4) is 0 Å². The van der Waals surface area contributed by atoms with Crippen LogP contribution in [0.4, 0.5) is 14.5 Å². The van der Waals surface area contributed by atoms with E-state index in [2.05, 4.69) is 5.32 Å². The summed E-state index contributed by atoms with van der Waals surface area (Å²) in [6.45, 7) is 4.73. The molecule has 1 fully saturated rings. The number of nitrogens with zero attached hydrogens (tertiary/aromatic N) is 1. The van der Waals surface area contributed by atoms with Gasteiger partial charge in [0.25, 0.3) is 5.91 Å². The van der Waals surface area contributed by atoms with Gasteiger partial charge in [0.15, 0.2) is 11.6 Å². The van der Waals surface area contributed by atoms with Gasteiger partial charge in [0, 0.05) is 24.3 Å². The van der Waals surface area contributed by atoms with Gasteiger partial charge in [0.05, 0.1) is 5.92 Å². The van der Waals surface area contributed by atoms with Crippen LogP contribution in [0.1, 0.15) is 34.3 Å². The summed E-state index contributed by atoms with van der Waals surface area (Å²) in [6.07, 6.45) is 1.36. The lowest BCUT2D eigenvalue weighted by molar-refractivity contribution is -0.121. The monoisotopic (exact) mass is 372 g/mol. The minimum atomic E-state index is -1.05. The van der Waals surface area contributed by atoms with Gasteiger partial charge in [-0.3, -0.25) is 9.59 Å². The molecule has 4 nitrogen and oxygen atoms in total. The summed E-state index contributed by atoms with van der Waals surface area (Å²) in [7, 11) is 0. The number of carbonyl (C=O) groups is 2. The van der Waals surface area contributed by atoms with Crippen molar-refractivity contribution >= 4 is 17.5 Å². The summed E-state index contributed by atoms with van der Waals surface area (Å²) < 4.78 is 26.5. The van der Waals surface area contributed by atoms with E-state index in [-0.39, 0.29) is 23.9 Å². The molecule has 1 aliphatic rings. The molecular formula is C21H22F2N2O2. The molecule has 1 N–H and O–H groups in total. The average Bonchev–Trinajstić information content (AvgIpc) is 2.66. The molecule has 3 rings (SSSR count). The number of rotatable bonds is 3. The summed E-state index contributed by atoms with van der Waals surface area (Å²) in [5.41, 5.74) is 3.05. The smallest absolute Gasteiger partial charge is 0.253 e. The summed E-state index contributed by atoms with van der Waals surface area (Å²) >= 11 is 0. The second-order valence-corrected chi connectivity index (χ2v) is 7.01. The molecular weight excluding hydrogens is 350 g/mol. The van der Waals surface area contributed by atoms with Gasteiger partial charge in [-0.2, -0.15) is 0 Å². The maximum absolute atomic E-state index is 13.4. The van der Waals surface area contributed by atoms with Crippen LogP contribution in [0.5, 0.6) is 0 Å². The molecule has 1 heterocycles. The first kappa shape index (κ1) is 19.0. The van der Waals surface area contributed by atoms with E-state index < -0.39 is 17.5 Å². The molecule has 2 amide bonds. The number of hydrogen-bond acceptors (Lipinski definition) is 2. The molecule has 0 aromatic heterocycles. The Morgan fingerprint density at radius 3 is 2.52 bits per heavy atom. The largest absolute Gasteiger partial charge is 0.338 e. The molecule has 1 aliphatic heterocycles. The van der Waals surface area contributed by atoms with Gasteiger partial charge in [0.1, 0.15) is 0 Å². The van der Waals surface area contributed by atoms with Gasteiger partial charge >= 0.3 is 0 Å². The molecule has 0 saturated carbocycles. The molecule has 2 aromatic carbocycles. The van der Waals surface area contributed by atoms with E-state index in [1.54, 1.807) is 0 Å². The SMILES string of the molecule is Cc1ccc(NC(=O)C2CCCN(C(=O)c3ccc(F)c(F)c3)C2)cc1C. The van der Waals surface area contributed by atoms with Crippen molar-refractivity contribution in [1.29, 1.82) is 0 Å². The normalized spacial score (nSPS) is 16.9. The van der Waals surface area contributed by atoms with E-state index in [1.807, 2.05) is 32.0 Å². The molecule has 1 unspecified atom stereocenters. The third-order valence-corrected chi connectivity index (χ3v) is 5.02. The van der Waals surface area contributed by atoms with Crippen LogP contribution in [0, 0.1) is 31.4 Å². The minimum absolute atomic E-state index is 0.0871. The summed E-state index contributed by atoms with van der Waals surface area (Å²) in [5, 5.41) is 2.91. The number of amides is 2. The summed E-state index contributed by atoms with van der Waals surface area (Å²) in [6, 6.07) is 8.82. The molecule has 1 atom stereocenters. The van der Waals surface area contributed by atoms with E-state index in [4.69, 9.17) is 0 Å². The van der Waals surface area contributed by atoms with E-state index in [1.165, 1.54) is 11.0 Å². The molecule has 0 radical (unpaired) electrons. The van der Waals surface area contributed by atoms with Crippen molar-refractivity contribution in [3.8, 4) is 0 Å². The Bertz CT molecular complexity index is 882. The van der Waals surface area contributed by atoms with E-state index in [0.717, 1.165) is 28.9 Å². The van der Waals surface area contributed by atoms with Gasteiger partial charge in [-0.1, -0.05) is 6.07 Å². The van der Waals surface area contributed by atoms with Crippen molar-refractivity contribution in [2.24, 2.45) is 5.92 Å². The van der Waals surface area contributed by atoms with Crippen LogP contribution in [0.15, 0.2) is 36.4 Å². The first-order valence-corrected chi connectivity index (χ1v) is 8.97. The zero-order valence-electron chi connectivity index (χ0n) is 15.4. The fourth-order valence-corrected chi connectivity index (χ4v) is 3.25. The Morgan fingerprint density at radius 2 is 1.81 bits per heavy atom. The van der Waals surface area contributed by atoms with Crippen molar-refractivity contribution in [3.05, 3.63) is 64.7 Å². The van der Waals surface area contributed by atoms with Crippen molar-refractivity contribution in [2.75, 3.05) is 18.4 Å². The van der Waals surface area contributed by atoms with Gasteiger partial charge in [-0.05, 0) is 68.1 Å². The second kappa shape index (κ2) is 7.86. The van der Waals surface area contributed by atoms with Crippen LogP contribution in [-0.2, 0) is 4.79 Å². The Hall–Kier alpha value is -2.76. The highest BCUT2D eigenvalue weighted by atomic mass is 19.2. The number of halogens is 2. The van der Waals surface area contributed by atoms with Crippen molar-refractivity contribution in [2.45, 2.75) is 26.7 Å². The van der Waals surface area contributed by atoms with E-state index in [0.29, 0.717) is 19.4 Å². The fraction of sp³-hybridized carbons (Fsp3) is 0.333. The third kappa shape index (κ3) is 4.32. The van der Waals surface area contributed by atoms with Crippen molar-refractivity contribution in [1.82, 2.24) is 4.90 Å². The minimum Gasteiger partial charge on any atom is -0.338 e. The Labute approximate surface area is 157 Å². The van der Waals surface area contributed by atoms with Gasteiger partial charge in [-0.25, -0.2) is 8.78 Å². The summed E-state index contributed by atoms with van der Waals surface area (Å²) in [4.78, 5) is 26.7. The molecule has 1 saturated heterocycles. The quantitative estimate of drug-likeness (QED) is 0.883. The maximum Gasteiger partial charge on any atom is 0.253 e. The molecule has 0 aliphatic carbocycles. The standard InChI is InChI=1S/C21H22F2N2O2/c1-13-5-7-17(10-14(13)2)24-20(26)16-4-3-9-25(12-16)21(27)15-6-8-18(22)19(23)11-15/h5-8,10-11,16H,3-4,9,12H2,1-2H3,(H,24,26). The second-order valence-electron chi connectivity index (χ2n) is 7.01. The zero-order valence-corrected chi connectivity index (χ0v) is 15.4. The van der Waals surface area contributed by atoms with Crippen LogP contribution < -0.4 is 5.32 Å². The number of piperidine rings is 1. The Balaban J connectivity index is 1.67. The van der Waals surface area contributed by atoms with Crippen molar-refractivity contribution in [3.63, 3.8) is 0 Å². The third-order valence-electron chi connectivity index (χ3n) is 5.02. The molecule has 2 aromatic rings. The van der Waals surface area contributed by atoms with Gasteiger partial charge in [-0.15, -0.1) is 0 Å². The molecule has 0 spiro atoms. The highest BCUT2D eigenvalue weighted by Gasteiger charge is 2.29. The average molecular weight is 372 g/mol. The van der Waals surface area contributed by atoms with E-state index in [9.17, 15) is 18.4 Å². The molecule has 142 valence electrons. The van der Waals surface area contributed by atoms with Crippen LogP contribution >= 0.6 is 0 Å². The van der Waals surface area contributed by atoms with Gasteiger partial charge in [0.2, 0.25) is 5.91 Å². The zero-order chi connectivity index (χ0) is 19.6. The lowest BCUT2D eigenvalue weighted by atomic mass is 9.96. The number of carbonyl (C=O) groups excluding carboxylic acids is 2.